The molecule has 0 aromatic heterocycles. The van der Waals surface area contributed by atoms with Crippen LogP contribution in [0.25, 0.3) is 0 Å². The molecule has 0 aliphatic carbocycles. The molecule has 1 nitrogen and oxygen atoms in total. The van der Waals surface area contributed by atoms with Crippen molar-refractivity contribution in [2.24, 2.45) is 0 Å². The van der Waals surface area contributed by atoms with Crippen LogP contribution in [0.15, 0.2) is 118 Å². The number of aryl methyl sites for hydroxylation is 2. The third-order valence-electron chi connectivity index (χ3n) is 5.26. The van der Waals surface area contributed by atoms with E-state index in [0.717, 1.165) is 11.5 Å². The van der Waals surface area contributed by atoms with E-state index in [1.807, 2.05) is 30.3 Å². The zero-order chi connectivity index (χ0) is 20.3. The van der Waals surface area contributed by atoms with Crippen molar-refractivity contribution in [1.29, 1.82) is 0 Å². The summed E-state index contributed by atoms with van der Waals surface area (Å²) in [5.41, 5.74) is 2.57. The fourth-order valence-corrected chi connectivity index (χ4v) is 6.29. The third kappa shape index (κ3) is 4.08. The van der Waals surface area contributed by atoms with Gasteiger partial charge in [-0.15, -0.1) is 0 Å². The van der Waals surface area contributed by atoms with E-state index >= 15 is 0 Å². The first-order chi connectivity index (χ1) is 14.1. The molecule has 146 valence electrons. The van der Waals surface area contributed by atoms with Crippen LogP contribution >= 0.6 is 10.0 Å². The first kappa shape index (κ1) is 19.4. The Hall–Kier alpha value is -2.97. The summed E-state index contributed by atoms with van der Waals surface area (Å²) in [6.45, 7) is 4.27. The Morgan fingerprint density at radius 2 is 0.862 bits per heavy atom. The molecule has 0 saturated carbocycles. The molecule has 0 fully saturated rings. The van der Waals surface area contributed by atoms with Crippen molar-refractivity contribution in [3.05, 3.63) is 114 Å². The smallest absolute Gasteiger partial charge is 0.127 e. The van der Waals surface area contributed by atoms with E-state index < -0.39 is 10.0 Å². The quantitative estimate of drug-likeness (QED) is 0.331. The highest BCUT2D eigenvalue weighted by molar-refractivity contribution is 8.33. The second kappa shape index (κ2) is 8.18. The molecule has 4 aromatic rings. The minimum Gasteiger partial charge on any atom is -0.457 e. The Labute approximate surface area is 175 Å². The van der Waals surface area contributed by atoms with Gasteiger partial charge >= 0.3 is 0 Å². The molecule has 0 saturated heterocycles. The SMILES string of the molecule is Cc1ccc(S(C)(c2ccc(C)cc2)c2ccc(Oc3ccccc3)cc2)cc1. The predicted molar refractivity (Wildman–Crippen MR) is 124 cm³/mol. The summed E-state index contributed by atoms with van der Waals surface area (Å²) in [5.74, 6) is 1.71. The van der Waals surface area contributed by atoms with Crippen molar-refractivity contribution in [1.82, 2.24) is 0 Å². The van der Waals surface area contributed by atoms with E-state index in [1.165, 1.54) is 25.8 Å². The van der Waals surface area contributed by atoms with Gasteiger partial charge in [-0.05, 0) is 95.5 Å². The Morgan fingerprint density at radius 1 is 0.483 bits per heavy atom. The van der Waals surface area contributed by atoms with Gasteiger partial charge < -0.3 is 4.74 Å². The van der Waals surface area contributed by atoms with Crippen LogP contribution in [0.5, 0.6) is 11.5 Å². The Kier molecular flexibility index (Phi) is 5.46. The summed E-state index contributed by atoms with van der Waals surface area (Å²) >= 11 is 0. The highest BCUT2D eigenvalue weighted by Gasteiger charge is 2.25. The first-order valence-corrected chi connectivity index (χ1v) is 11.8. The zero-order valence-electron chi connectivity index (χ0n) is 17.1. The largest absolute Gasteiger partial charge is 0.457 e. The van der Waals surface area contributed by atoms with Crippen molar-refractivity contribution >= 4 is 10.0 Å². The molecule has 2 heteroatoms. The van der Waals surface area contributed by atoms with Gasteiger partial charge in [-0.1, -0.05) is 53.6 Å². The number of ether oxygens (including phenoxy) is 1. The summed E-state index contributed by atoms with van der Waals surface area (Å²) in [6, 6.07) is 36.5. The van der Waals surface area contributed by atoms with Crippen LogP contribution in [-0.2, 0) is 0 Å². The molecule has 0 atom stereocenters. The highest BCUT2D eigenvalue weighted by Crippen LogP contribution is 2.65. The minimum atomic E-state index is -1.35. The van der Waals surface area contributed by atoms with Gasteiger partial charge in [0.05, 0.1) is 0 Å². The van der Waals surface area contributed by atoms with Crippen LogP contribution in [0, 0.1) is 13.8 Å². The molecule has 0 N–H and O–H groups in total. The van der Waals surface area contributed by atoms with Gasteiger partial charge in [0.15, 0.2) is 0 Å². The molecular formula is C27H26OS. The number of hydrogen-bond acceptors (Lipinski definition) is 1. The summed E-state index contributed by atoms with van der Waals surface area (Å²) in [5, 5.41) is 0. The second-order valence-corrected chi connectivity index (χ2v) is 10.7. The number of rotatable bonds is 5. The lowest BCUT2D eigenvalue weighted by molar-refractivity contribution is 0.482. The van der Waals surface area contributed by atoms with E-state index in [9.17, 15) is 0 Å². The Bertz CT molecular complexity index is 1020. The molecule has 0 aliphatic rings. The normalized spacial score (nSPS) is 11.8. The Balaban J connectivity index is 1.75. The predicted octanol–water partition coefficient (Wildman–Crippen LogP) is 8.01. The van der Waals surface area contributed by atoms with Crippen LogP contribution in [-0.4, -0.2) is 6.26 Å². The van der Waals surface area contributed by atoms with E-state index in [4.69, 9.17) is 4.74 Å². The molecule has 0 amide bonds. The van der Waals surface area contributed by atoms with E-state index in [-0.39, 0.29) is 0 Å². The van der Waals surface area contributed by atoms with E-state index in [1.54, 1.807) is 0 Å². The number of para-hydroxylation sites is 1. The second-order valence-electron chi connectivity index (χ2n) is 7.43. The molecule has 0 aliphatic heterocycles. The molecular weight excluding hydrogens is 372 g/mol. The maximum atomic E-state index is 6.00. The van der Waals surface area contributed by atoms with Crippen molar-refractivity contribution in [2.45, 2.75) is 28.5 Å². The molecule has 0 spiro atoms. The van der Waals surface area contributed by atoms with Gasteiger partial charge in [0.2, 0.25) is 0 Å². The van der Waals surface area contributed by atoms with Crippen molar-refractivity contribution in [3.8, 4) is 11.5 Å². The molecule has 0 bridgehead atoms. The topological polar surface area (TPSA) is 9.23 Å². The van der Waals surface area contributed by atoms with Gasteiger partial charge in [0, 0.05) is 0 Å². The van der Waals surface area contributed by atoms with Crippen molar-refractivity contribution in [3.63, 3.8) is 0 Å². The third-order valence-corrected chi connectivity index (χ3v) is 8.90. The molecule has 4 aromatic carbocycles. The molecule has 0 unspecified atom stereocenters. The summed E-state index contributed by atoms with van der Waals surface area (Å²) in [6.07, 6.45) is 2.38. The van der Waals surface area contributed by atoms with E-state index in [2.05, 4.69) is 92.9 Å². The van der Waals surface area contributed by atoms with E-state index in [0.29, 0.717) is 0 Å². The van der Waals surface area contributed by atoms with Gasteiger partial charge in [-0.3, -0.25) is 0 Å². The van der Waals surface area contributed by atoms with Crippen LogP contribution in [0.3, 0.4) is 0 Å². The van der Waals surface area contributed by atoms with Crippen LogP contribution in [0.4, 0.5) is 0 Å². The number of benzene rings is 4. The molecule has 29 heavy (non-hydrogen) atoms. The average Bonchev–Trinajstić information content (AvgIpc) is 2.75. The highest BCUT2D eigenvalue weighted by atomic mass is 32.3. The first-order valence-electron chi connectivity index (χ1n) is 9.80. The Morgan fingerprint density at radius 3 is 1.31 bits per heavy atom. The van der Waals surface area contributed by atoms with Crippen molar-refractivity contribution in [2.75, 3.05) is 6.26 Å². The maximum Gasteiger partial charge on any atom is 0.127 e. The minimum absolute atomic E-state index is 0.854. The zero-order valence-corrected chi connectivity index (χ0v) is 17.9. The van der Waals surface area contributed by atoms with Crippen LogP contribution in [0.2, 0.25) is 0 Å². The van der Waals surface area contributed by atoms with Crippen molar-refractivity contribution < 1.29 is 4.74 Å². The van der Waals surface area contributed by atoms with Gasteiger partial charge in [0.25, 0.3) is 0 Å². The molecule has 0 radical (unpaired) electrons. The lowest BCUT2D eigenvalue weighted by Gasteiger charge is -2.37. The van der Waals surface area contributed by atoms with Gasteiger partial charge in [-0.25, -0.2) is 0 Å². The van der Waals surface area contributed by atoms with Crippen LogP contribution < -0.4 is 4.74 Å². The monoisotopic (exact) mass is 398 g/mol. The fourth-order valence-electron chi connectivity index (χ4n) is 3.43. The maximum absolute atomic E-state index is 6.00. The fraction of sp³-hybridized carbons (Fsp3) is 0.111. The number of hydrogen-bond donors (Lipinski definition) is 0. The van der Waals surface area contributed by atoms with Gasteiger partial charge in [-0.2, -0.15) is 10.0 Å². The molecule has 0 heterocycles. The standard InChI is InChI=1S/C27H26OS/c1-21-9-15-25(16-10-21)29(3,26-17-11-22(2)12-18-26)27-19-13-24(14-20-27)28-23-7-5-4-6-8-23/h4-20H,1-3H3. The summed E-state index contributed by atoms with van der Waals surface area (Å²) in [4.78, 5) is 4.05. The summed E-state index contributed by atoms with van der Waals surface area (Å²) < 4.78 is 6.00. The van der Waals surface area contributed by atoms with Gasteiger partial charge in [0.1, 0.15) is 11.5 Å². The lowest BCUT2D eigenvalue weighted by atomic mass is 10.2. The average molecular weight is 399 g/mol. The van der Waals surface area contributed by atoms with Crippen LogP contribution in [0.1, 0.15) is 11.1 Å². The summed E-state index contributed by atoms with van der Waals surface area (Å²) in [7, 11) is -1.35. The molecule has 4 rings (SSSR count). The lowest BCUT2D eigenvalue weighted by Crippen LogP contribution is -2.02.